The minimum Gasteiger partial charge on any atom is -0.465 e. The van der Waals surface area contributed by atoms with Crippen LogP contribution in [0.15, 0.2) is 28.5 Å². The molecule has 10 nitrogen and oxygen atoms in total. The van der Waals surface area contributed by atoms with E-state index in [0.717, 1.165) is 31.6 Å². The van der Waals surface area contributed by atoms with Gasteiger partial charge in [0.15, 0.2) is 5.16 Å². The van der Waals surface area contributed by atoms with Gasteiger partial charge in [-0.15, -0.1) is 0 Å². The molecule has 2 aromatic rings. The van der Waals surface area contributed by atoms with Gasteiger partial charge in [0.25, 0.3) is 0 Å². The highest BCUT2D eigenvalue weighted by Gasteiger charge is 2.51. The normalized spacial score (nSPS) is 21.6. The molecule has 0 bridgehead atoms. The number of aliphatic hydroxyl groups excluding tert-OH is 1. The minimum absolute atomic E-state index is 0.0125. The lowest BCUT2D eigenvalue weighted by molar-refractivity contribution is 0.0944. The molecule has 2 aromatic heterocycles. The van der Waals surface area contributed by atoms with Gasteiger partial charge in [-0.25, -0.2) is 19.7 Å². The van der Waals surface area contributed by atoms with Crippen LogP contribution in [0.2, 0.25) is 5.02 Å². The average Bonchev–Trinajstić information content (AvgIpc) is 3.11. The van der Waals surface area contributed by atoms with E-state index in [9.17, 15) is 15.0 Å². The van der Waals surface area contributed by atoms with Gasteiger partial charge in [-0.2, -0.15) is 0 Å². The Morgan fingerprint density at radius 1 is 1.39 bits per heavy atom. The molecule has 2 atom stereocenters. The lowest BCUT2D eigenvalue weighted by atomic mass is 9.65. The van der Waals surface area contributed by atoms with Crippen LogP contribution >= 0.6 is 23.4 Å². The van der Waals surface area contributed by atoms with Gasteiger partial charge in [0, 0.05) is 35.1 Å². The van der Waals surface area contributed by atoms with E-state index in [4.69, 9.17) is 22.1 Å². The molecule has 36 heavy (non-hydrogen) atoms. The number of nitrogens with two attached hydrogens (primary N) is 1. The van der Waals surface area contributed by atoms with Crippen LogP contribution in [0.3, 0.4) is 0 Å². The third-order valence-corrected chi connectivity index (χ3v) is 8.77. The summed E-state index contributed by atoms with van der Waals surface area (Å²) in [6.45, 7) is 7.94. The van der Waals surface area contributed by atoms with Crippen molar-refractivity contribution in [2.75, 3.05) is 30.3 Å². The highest BCUT2D eigenvalue weighted by molar-refractivity contribution is 7.99. The number of nitrogens with one attached hydrogen (secondary N) is 1. The molecule has 12 heteroatoms. The van der Waals surface area contributed by atoms with E-state index in [1.807, 2.05) is 13.8 Å². The van der Waals surface area contributed by atoms with Crippen LogP contribution in [-0.2, 0) is 11.3 Å². The fraction of sp³-hybridized carbons (Fsp3) is 0.583. The molecule has 0 saturated carbocycles. The van der Waals surface area contributed by atoms with E-state index in [-0.39, 0.29) is 29.9 Å². The maximum atomic E-state index is 11.3. The summed E-state index contributed by atoms with van der Waals surface area (Å²) < 4.78 is 6.10. The lowest BCUT2D eigenvalue weighted by Gasteiger charge is -2.45. The highest BCUT2D eigenvalue weighted by Crippen LogP contribution is 2.50. The number of pyridine rings is 1. The molecule has 1 spiro atoms. The molecule has 1 amide bonds. The number of halogens is 1. The Morgan fingerprint density at radius 2 is 2.11 bits per heavy atom. The van der Waals surface area contributed by atoms with Crippen molar-refractivity contribution in [3.8, 4) is 0 Å². The van der Waals surface area contributed by atoms with E-state index in [0.29, 0.717) is 33.8 Å². The van der Waals surface area contributed by atoms with Crippen molar-refractivity contribution in [2.45, 2.75) is 68.3 Å². The highest BCUT2D eigenvalue weighted by atomic mass is 35.5. The second-order valence-corrected chi connectivity index (χ2v) is 11.6. The van der Waals surface area contributed by atoms with Crippen LogP contribution in [0.4, 0.5) is 16.3 Å². The topological polar surface area (TPSA) is 147 Å². The molecule has 4 heterocycles. The molecule has 2 aliphatic heterocycles. The van der Waals surface area contributed by atoms with Crippen LogP contribution < -0.4 is 16.0 Å². The van der Waals surface area contributed by atoms with Crippen LogP contribution in [0.5, 0.6) is 0 Å². The molecule has 0 aliphatic carbocycles. The number of rotatable bonds is 7. The number of amides is 1. The summed E-state index contributed by atoms with van der Waals surface area (Å²) in [7, 11) is 0. The predicted molar refractivity (Wildman–Crippen MR) is 138 cm³/mol. The molecule has 4 rings (SSSR count). The van der Waals surface area contributed by atoms with Gasteiger partial charge in [-0.3, -0.25) is 0 Å². The molecule has 2 aliphatic rings. The third kappa shape index (κ3) is 5.64. The number of aliphatic hydroxyl groups is 1. The molecule has 5 N–H and O–H groups in total. The molecule has 0 aromatic carbocycles. The van der Waals surface area contributed by atoms with Gasteiger partial charge in [0.05, 0.1) is 41.9 Å². The first-order valence-corrected chi connectivity index (χ1v) is 13.2. The van der Waals surface area contributed by atoms with Gasteiger partial charge in [-0.05, 0) is 63.8 Å². The molecular formula is C24H33ClN6O4S. The van der Waals surface area contributed by atoms with Crippen molar-refractivity contribution >= 4 is 41.0 Å². The van der Waals surface area contributed by atoms with Gasteiger partial charge >= 0.3 is 6.09 Å². The first kappa shape index (κ1) is 26.7. The second-order valence-electron chi connectivity index (χ2n) is 10.2. The van der Waals surface area contributed by atoms with Crippen molar-refractivity contribution in [3.05, 3.63) is 29.2 Å². The Kier molecular flexibility index (Phi) is 7.84. The minimum atomic E-state index is -1.01. The number of aromatic nitrogens is 3. The fourth-order valence-corrected chi connectivity index (χ4v) is 6.45. The summed E-state index contributed by atoms with van der Waals surface area (Å²) in [6.07, 6.45) is 4.89. The Balaban J connectivity index is 1.47. The first-order valence-electron chi connectivity index (χ1n) is 12.0. The smallest absolute Gasteiger partial charge is 0.405 e. The van der Waals surface area contributed by atoms with Crippen LogP contribution in [0, 0.1) is 11.3 Å². The first-order chi connectivity index (χ1) is 17.0. The van der Waals surface area contributed by atoms with Crippen molar-refractivity contribution in [2.24, 2.45) is 11.3 Å². The Hall–Kier alpha value is -2.34. The number of hydrogen-bond donors (Lipinski definition) is 4. The maximum Gasteiger partial charge on any atom is 0.405 e. The third-order valence-electron chi connectivity index (χ3n) is 7.32. The van der Waals surface area contributed by atoms with Crippen molar-refractivity contribution < 1.29 is 19.7 Å². The number of hydrogen-bond acceptors (Lipinski definition) is 9. The van der Waals surface area contributed by atoms with Crippen molar-refractivity contribution in [1.29, 1.82) is 0 Å². The van der Waals surface area contributed by atoms with Gasteiger partial charge in [-0.1, -0.05) is 11.6 Å². The van der Waals surface area contributed by atoms with Crippen LogP contribution in [-0.4, -0.2) is 62.6 Å². The summed E-state index contributed by atoms with van der Waals surface area (Å²) in [5.74, 6) is 0.486. The number of nitrogen functional groups attached to an aromatic ring is 1. The van der Waals surface area contributed by atoms with Gasteiger partial charge < -0.3 is 30.9 Å². The monoisotopic (exact) mass is 536 g/mol. The molecule has 0 radical (unpaired) electrons. The summed E-state index contributed by atoms with van der Waals surface area (Å²) in [6, 6.07) is 1.75. The maximum absolute atomic E-state index is 11.3. The Morgan fingerprint density at radius 3 is 2.78 bits per heavy atom. The van der Waals surface area contributed by atoms with E-state index in [1.165, 1.54) is 11.8 Å². The zero-order valence-corrected chi connectivity index (χ0v) is 22.3. The number of carboxylic acid groups (broad SMARTS) is 1. The zero-order valence-electron chi connectivity index (χ0n) is 20.7. The summed E-state index contributed by atoms with van der Waals surface area (Å²) in [5.41, 5.74) is 6.60. The molecule has 2 fully saturated rings. The quantitative estimate of drug-likeness (QED) is 0.385. The van der Waals surface area contributed by atoms with Crippen molar-refractivity contribution in [3.63, 3.8) is 0 Å². The number of anilines is 2. The number of ether oxygens (including phenoxy) is 1. The predicted octanol–water partition coefficient (Wildman–Crippen LogP) is 3.81. The van der Waals surface area contributed by atoms with Gasteiger partial charge in [0.1, 0.15) is 5.82 Å². The number of piperidine rings is 1. The molecular weight excluding hydrogens is 504 g/mol. The summed E-state index contributed by atoms with van der Waals surface area (Å²) >= 11 is 7.52. The van der Waals surface area contributed by atoms with Crippen molar-refractivity contribution in [1.82, 2.24) is 20.3 Å². The molecule has 2 saturated heterocycles. The SMILES string of the molecule is C[C@@H]1OCC2(CCN(c3cnc(Sc4ccnc(N)c4Cl)nc3CO)CC2)[C@@H]1CC(C)(C)NC(=O)O. The molecule has 196 valence electrons. The largest absolute Gasteiger partial charge is 0.465 e. The van der Waals surface area contributed by atoms with E-state index in [2.05, 4.69) is 32.1 Å². The number of nitrogens with zero attached hydrogens (tertiary/aromatic N) is 4. The van der Waals surface area contributed by atoms with E-state index in [1.54, 1.807) is 18.5 Å². The average molecular weight is 537 g/mol. The second kappa shape index (κ2) is 10.6. The van der Waals surface area contributed by atoms with Crippen LogP contribution in [0.1, 0.15) is 45.7 Å². The van der Waals surface area contributed by atoms with E-state index >= 15 is 0 Å². The van der Waals surface area contributed by atoms with Crippen LogP contribution in [0.25, 0.3) is 0 Å². The summed E-state index contributed by atoms with van der Waals surface area (Å²) in [5, 5.41) is 22.8. The molecule has 0 unspecified atom stereocenters. The van der Waals surface area contributed by atoms with E-state index < -0.39 is 11.6 Å². The Labute approximate surface area is 220 Å². The van der Waals surface area contributed by atoms with Gasteiger partial charge in [0.2, 0.25) is 0 Å². The summed E-state index contributed by atoms with van der Waals surface area (Å²) in [4.78, 5) is 27.2. The number of carbonyl (C=O) groups is 1. The lowest BCUT2D eigenvalue weighted by Crippen LogP contribution is -2.50. The zero-order chi connectivity index (χ0) is 26.1. The Bertz CT molecular complexity index is 1110. The fourth-order valence-electron chi connectivity index (χ4n) is 5.44. The standard InChI is InChI=1S/C24H33ClN6O4S/c1-14-15(10-23(2,3)30-22(33)34)24(13-35-14)5-8-31(9-6-24)17-11-28-21(29-16(17)12-32)36-18-4-7-27-20(26)19(18)25/h4,7,11,14-15,30,32H,5-6,8-10,12-13H2,1-3H3,(H2,26,27)(H,33,34)/t14-,15+/m0/s1.